The van der Waals surface area contributed by atoms with Crippen LogP contribution >= 0.6 is 0 Å². The van der Waals surface area contributed by atoms with E-state index in [1.807, 2.05) is 31.3 Å². The van der Waals surface area contributed by atoms with Gasteiger partial charge in [0.1, 0.15) is 5.82 Å². The molecule has 20 heavy (non-hydrogen) atoms. The molecule has 1 aromatic carbocycles. The maximum atomic E-state index is 13.6. The van der Waals surface area contributed by atoms with Gasteiger partial charge in [-0.1, -0.05) is 25.1 Å². The quantitative estimate of drug-likeness (QED) is 0.891. The molecule has 0 fully saturated rings. The first-order chi connectivity index (χ1) is 9.61. The molecule has 0 spiro atoms. The normalized spacial score (nSPS) is 12.4. The molecule has 1 unspecified atom stereocenters. The van der Waals surface area contributed by atoms with Gasteiger partial charge in [-0.3, -0.25) is 4.98 Å². The summed E-state index contributed by atoms with van der Waals surface area (Å²) in [6.45, 7) is 6.64. The van der Waals surface area contributed by atoms with Gasteiger partial charge in [-0.25, -0.2) is 4.39 Å². The van der Waals surface area contributed by atoms with Crippen molar-refractivity contribution in [2.24, 2.45) is 0 Å². The number of hydrogen-bond acceptors (Lipinski definition) is 2. The molecule has 2 nitrogen and oxygen atoms in total. The molecule has 1 aromatic heterocycles. The van der Waals surface area contributed by atoms with Crippen LogP contribution in [0, 0.1) is 12.7 Å². The largest absolute Gasteiger partial charge is 0.305 e. The molecular weight excluding hydrogens is 251 g/mol. The third kappa shape index (κ3) is 3.42. The average Bonchev–Trinajstić information content (AvgIpc) is 2.47. The van der Waals surface area contributed by atoms with Crippen molar-refractivity contribution >= 4 is 0 Å². The number of halogens is 1. The summed E-state index contributed by atoms with van der Waals surface area (Å²) >= 11 is 0. The summed E-state index contributed by atoms with van der Waals surface area (Å²) in [6.07, 6.45) is 2.78. The van der Waals surface area contributed by atoms with E-state index in [0.717, 1.165) is 17.7 Å². The zero-order chi connectivity index (χ0) is 14.5. The first-order valence-electron chi connectivity index (χ1n) is 7.04. The number of rotatable bonds is 5. The Labute approximate surface area is 120 Å². The predicted octanol–water partition coefficient (Wildman–Crippen LogP) is 3.94. The molecule has 2 rings (SSSR count). The fraction of sp³-hybridized carbons (Fsp3) is 0.353. The van der Waals surface area contributed by atoms with E-state index in [1.54, 1.807) is 13.0 Å². The number of aryl methyl sites for hydroxylation is 2. The highest BCUT2D eigenvalue weighted by molar-refractivity contribution is 5.26. The second-order valence-electron chi connectivity index (χ2n) is 5.07. The maximum Gasteiger partial charge on any atom is 0.126 e. The van der Waals surface area contributed by atoms with Crippen LogP contribution in [0.25, 0.3) is 0 Å². The number of benzene rings is 1. The van der Waals surface area contributed by atoms with Crippen LogP contribution in [0.3, 0.4) is 0 Å². The lowest BCUT2D eigenvalue weighted by Crippen LogP contribution is -2.20. The van der Waals surface area contributed by atoms with E-state index in [-0.39, 0.29) is 11.9 Å². The third-order valence-electron chi connectivity index (χ3n) is 3.64. The van der Waals surface area contributed by atoms with Gasteiger partial charge in [0, 0.05) is 18.8 Å². The number of nitrogens with zero attached hydrogens (tertiary/aromatic N) is 1. The SMILES string of the molecule is CCc1cccnc1CNC(C)c1ccc(C)c(F)c1. The molecule has 0 radical (unpaired) electrons. The van der Waals surface area contributed by atoms with Crippen molar-refractivity contribution in [3.8, 4) is 0 Å². The topological polar surface area (TPSA) is 24.9 Å². The molecule has 0 bridgehead atoms. The lowest BCUT2D eigenvalue weighted by molar-refractivity contribution is 0.555. The Balaban J connectivity index is 2.04. The molecule has 1 atom stereocenters. The van der Waals surface area contributed by atoms with Crippen LogP contribution in [0.15, 0.2) is 36.5 Å². The predicted molar refractivity (Wildman–Crippen MR) is 80.0 cm³/mol. The third-order valence-corrected chi connectivity index (χ3v) is 3.64. The fourth-order valence-electron chi connectivity index (χ4n) is 2.20. The van der Waals surface area contributed by atoms with Gasteiger partial charge in [0.25, 0.3) is 0 Å². The minimum Gasteiger partial charge on any atom is -0.305 e. The monoisotopic (exact) mass is 272 g/mol. The van der Waals surface area contributed by atoms with Crippen LogP contribution in [0.1, 0.15) is 42.3 Å². The summed E-state index contributed by atoms with van der Waals surface area (Å²) in [4.78, 5) is 4.41. The Morgan fingerprint density at radius 1 is 1.30 bits per heavy atom. The molecule has 0 aliphatic heterocycles. The van der Waals surface area contributed by atoms with Gasteiger partial charge in [0.15, 0.2) is 0 Å². The van der Waals surface area contributed by atoms with Crippen molar-refractivity contribution in [3.63, 3.8) is 0 Å². The van der Waals surface area contributed by atoms with Crippen LogP contribution in [-0.2, 0) is 13.0 Å². The van der Waals surface area contributed by atoms with Crippen molar-refractivity contribution in [2.75, 3.05) is 0 Å². The maximum absolute atomic E-state index is 13.6. The molecule has 0 saturated carbocycles. The minimum atomic E-state index is -0.150. The summed E-state index contributed by atoms with van der Waals surface area (Å²) in [6, 6.07) is 9.54. The van der Waals surface area contributed by atoms with Gasteiger partial charge in [0.05, 0.1) is 5.69 Å². The van der Waals surface area contributed by atoms with Crippen molar-refractivity contribution in [1.82, 2.24) is 10.3 Å². The van der Waals surface area contributed by atoms with Gasteiger partial charge in [-0.2, -0.15) is 0 Å². The molecule has 0 saturated heterocycles. The molecule has 3 heteroatoms. The van der Waals surface area contributed by atoms with Crippen LogP contribution in [-0.4, -0.2) is 4.98 Å². The summed E-state index contributed by atoms with van der Waals surface area (Å²) < 4.78 is 13.6. The van der Waals surface area contributed by atoms with Crippen molar-refractivity contribution in [3.05, 3.63) is 64.7 Å². The Kier molecular flexibility index (Phi) is 4.85. The van der Waals surface area contributed by atoms with E-state index in [4.69, 9.17) is 0 Å². The lowest BCUT2D eigenvalue weighted by Gasteiger charge is -2.16. The molecule has 0 aliphatic rings. The number of aromatic nitrogens is 1. The number of nitrogens with one attached hydrogen (secondary N) is 1. The summed E-state index contributed by atoms with van der Waals surface area (Å²) in [5.74, 6) is -0.150. The molecular formula is C17H21FN2. The molecule has 2 aromatic rings. The van der Waals surface area contributed by atoms with Gasteiger partial charge < -0.3 is 5.32 Å². The number of hydrogen-bond donors (Lipinski definition) is 1. The van der Waals surface area contributed by atoms with Crippen molar-refractivity contribution in [2.45, 2.75) is 39.8 Å². The summed E-state index contributed by atoms with van der Waals surface area (Å²) in [5.41, 5.74) is 3.96. The molecule has 0 aliphatic carbocycles. The van der Waals surface area contributed by atoms with Gasteiger partial charge in [-0.05, 0) is 49.1 Å². The second kappa shape index (κ2) is 6.62. The fourth-order valence-corrected chi connectivity index (χ4v) is 2.20. The highest BCUT2D eigenvalue weighted by Crippen LogP contribution is 2.17. The Bertz CT molecular complexity index is 581. The van der Waals surface area contributed by atoms with Gasteiger partial charge >= 0.3 is 0 Å². The van der Waals surface area contributed by atoms with E-state index in [0.29, 0.717) is 12.1 Å². The lowest BCUT2D eigenvalue weighted by atomic mass is 10.1. The van der Waals surface area contributed by atoms with Crippen molar-refractivity contribution < 1.29 is 4.39 Å². The Morgan fingerprint density at radius 3 is 2.80 bits per heavy atom. The van der Waals surface area contributed by atoms with Gasteiger partial charge in [0.2, 0.25) is 0 Å². The van der Waals surface area contributed by atoms with Crippen LogP contribution in [0.5, 0.6) is 0 Å². The summed E-state index contributed by atoms with van der Waals surface area (Å²) in [5, 5.41) is 3.41. The van der Waals surface area contributed by atoms with Gasteiger partial charge in [-0.15, -0.1) is 0 Å². The van der Waals surface area contributed by atoms with E-state index in [1.165, 1.54) is 5.56 Å². The van der Waals surface area contributed by atoms with Crippen LogP contribution in [0.2, 0.25) is 0 Å². The van der Waals surface area contributed by atoms with E-state index in [9.17, 15) is 4.39 Å². The number of pyridine rings is 1. The van der Waals surface area contributed by atoms with E-state index >= 15 is 0 Å². The molecule has 106 valence electrons. The second-order valence-corrected chi connectivity index (χ2v) is 5.07. The first-order valence-corrected chi connectivity index (χ1v) is 7.04. The van der Waals surface area contributed by atoms with E-state index in [2.05, 4.69) is 23.3 Å². The molecule has 0 amide bonds. The highest BCUT2D eigenvalue weighted by Gasteiger charge is 2.09. The molecule has 1 N–H and O–H groups in total. The van der Waals surface area contributed by atoms with Crippen LogP contribution in [0.4, 0.5) is 4.39 Å². The Morgan fingerprint density at radius 2 is 2.10 bits per heavy atom. The average molecular weight is 272 g/mol. The smallest absolute Gasteiger partial charge is 0.126 e. The van der Waals surface area contributed by atoms with E-state index < -0.39 is 0 Å². The highest BCUT2D eigenvalue weighted by atomic mass is 19.1. The first kappa shape index (κ1) is 14.7. The van der Waals surface area contributed by atoms with Crippen LogP contribution < -0.4 is 5.32 Å². The van der Waals surface area contributed by atoms with Crippen molar-refractivity contribution in [1.29, 1.82) is 0 Å². The minimum absolute atomic E-state index is 0.0943. The zero-order valence-corrected chi connectivity index (χ0v) is 12.3. The Hall–Kier alpha value is -1.74. The molecule has 1 heterocycles. The zero-order valence-electron chi connectivity index (χ0n) is 12.3. The standard InChI is InChI=1S/C17H21FN2/c1-4-14-6-5-9-19-17(14)11-20-13(3)15-8-7-12(2)16(18)10-15/h5-10,13,20H,4,11H2,1-3H3. The summed E-state index contributed by atoms with van der Waals surface area (Å²) in [7, 11) is 0.